The molecule has 2 fully saturated rings. The molecule has 3 atom stereocenters. The van der Waals surface area contributed by atoms with Crippen molar-refractivity contribution in [3.8, 4) is 11.3 Å². The van der Waals surface area contributed by atoms with Crippen molar-refractivity contribution in [3.63, 3.8) is 0 Å². The molecule has 2 N–H and O–H groups in total. The second-order valence-electron chi connectivity index (χ2n) is 10.3. The number of aliphatic hydroxyl groups is 1. The number of alkyl carbamates (subject to hydrolysis) is 1. The van der Waals surface area contributed by atoms with Crippen LogP contribution in [0.2, 0.25) is 0 Å². The summed E-state index contributed by atoms with van der Waals surface area (Å²) in [6.45, 7) is 5.63. The first-order valence-electron chi connectivity index (χ1n) is 11.1. The highest BCUT2D eigenvalue weighted by molar-refractivity contribution is 5.69. The number of amides is 1. The summed E-state index contributed by atoms with van der Waals surface area (Å²) < 4.78 is 7.63. The van der Waals surface area contributed by atoms with E-state index in [4.69, 9.17) is 4.74 Å². The molecule has 0 saturated heterocycles. The Balaban J connectivity index is 1.24. The van der Waals surface area contributed by atoms with E-state index in [1.54, 1.807) is 0 Å². The standard InChI is InChI=1S/C24H31N3O3/c1-23(2,3)30-22(29)26-15-8-10-24(11-9-15)12-18(21(24)28)20-17-7-5-4-6-16(17)19-13-25-14-27(19)20/h4-7,13-15,18,20-21,28H,8-12H2,1-3H3,(H,26,29)/t15?,18-,20+,21-,24?/m0/s1. The number of carbonyl (C=O) groups excluding carboxylic acids is 1. The number of imidazole rings is 1. The molecule has 2 aromatic rings. The van der Waals surface area contributed by atoms with Gasteiger partial charge in [-0.05, 0) is 63.9 Å². The van der Waals surface area contributed by atoms with Gasteiger partial charge in [0.25, 0.3) is 0 Å². The number of hydrogen-bond acceptors (Lipinski definition) is 4. The first-order chi connectivity index (χ1) is 14.3. The van der Waals surface area contributed by atoms with E-state index in [2.05, 4.69) is 39.1 Å². The molecule has 2 heterocycles. The third-order valence-electron chi connectivity index (χ3n) is 7.30. The van der Waals surface area contributed by atoms with E-state index >= 15 is 0 Å². The maximum Gasteiger partial charge on any atom is 0.407 e. The molecule has 1 aromatic carbocycles. The predicted molar refractivity (Wildman–Crippen MR) is 114 cm³/mol. The van der Waals surface area contributed by atoms with E-state index in [1.165, 1.54) is 11.1 Å². The highest BCUT2D eigenvalue weighted by Gasteiger charge is 2.57. The minimum atomic E-state index is -0.485. The van der Waals surface area contributed by atoms with E-state index in [1.807, 2.05) is 33.3 Å². The summed E-state index contributed by atoms with van der Waals surface area (Å²) in [5.41, 5.74) is 3.18. The van der Waals surface area contributed by atoms with Gasteiger partial charge in [0.05, 0.1) is 30.4 Å². The van der Waals surface area contributed by atoms with E-state index in [0.717, 1.165) is 37.8 Å². The monoisotopic (exact) mass is 409 g/mol. The molecule has 3 aliphatic rings. The van der Waals surface area contributed by atoms with Crippen molar-refractivity contribution < 1.29 is 14.6 Å². The SMILES string of the molecule is CC(C)(C)OC(=O)NC1CCC2(CC1)C[C@@H]([C@H]1c3ccccc3-c3cncn31)[C@@H]2O. The van der Waals surface area contributed by atoms with Gasteiger partial charge in [0.2, 0.25) is 0 Å². The first-order valence-corrected chi connectivity index (χ1v) is 11.1. The average Bonchev–Trinajstić information content (AvgIpc) is 3.27. The van der Waals surface area contributed by atoms with E-state index in [-0.39, 0.29) is 35.6 Å². The zero-order valence-electron chi connectivity index (χ0n) is 18.0. The van der Waals surface area contributed by atoms with Crippen LogP contribution in [0.25, 0.3) is 11.3 Å². The lowest BCUT2D eigenvalue weighted by Crippen LogP contribution is -2.58. The molecule has 160 valence electrons. The lowest BCUT2D eigenvalue weighted by atomic mass is 9.51. The fourth-order valence-electron chi connectivity index (χ4n) is 5.90. The fraction of sp³-hybridized carbons (Fsp3) is 0.583. The number of benzene rings is 1. The van der Waals surface area contributed by atoms with Crippen LogP contribution < -0.4 is 5.32 Å². The maximum atomic E-state index is 12.1. The second kappa shape index (κ2) is 6.84. The highest BCUT2D eigenvalue weighted by atomic mass is 16.6. The molecule has 1 aliphatic heterocycles. The number of fused-ring (bicyclic) bond motifs is 3. The molecule has 6 heteroatoms. The quantitative estimate of drug-likeness (QED) is 0.776. The van der Waals surface area contributed by atoms with Crippen LogP contribution in [0.1, 0.15) is 64.5 Å². The van der Waals surface area contributed by atoms with Gasteiger partial charge < -0.3 is 19.7 Å². The van der Waals surface area contributed by atoms with Gasteiger partial charge in [-0.3, -0.25) is 0 Å². The summed E-state index contributed by atoms with van der Waals surface area (Å²) in [6.07, 6.45) is 7.83. The maximum absolute atomic E-state index is 12.1. The lowest BCUT2D eigenvalue weighted by molar-refractivity contribution is -0.152. The summed E-state index contributed by atoms with van der Waals surface area (Å²) in [5.74, 6) is 0.206. The Morgan fingerprint density at radius 3 is 2.70 bits per heavy atom. The molecule has 2 aliphatic carbocycles. The first kappa shape index (κ1) is 19.6. The van der Waals surface area contributed by atoms with Gasteiger partial charge in [-0.15, -0.1) is 0 Å². The molecular formula is C24H31N3O3. The van der Waals surface area contributed by atoms with Crippen LogP contribution in [0.4, 0.5) is 4.79 Å². The Bertz CT molecular complexity index is 953. The van der Waals surface area contributed by atoms with E-state index in [0.29, 0.717) is 0 Å². The second-order valence-corrected chi connectivity index (χ2v) is 10.3. The van der Waals surface area contributed by atoms with Gasteiger partial charge in [0, 0.05) is 17.5 Å². The van der Waals surface area contributed by atoms with Gasteiger partial charge in [0.15, 0.2) is 0 Å². The molecule has 0 unspecified atom stereocenters. The molecule has 1 amide bonds. The molecule has 2 saturated carbocycles. The Kier molecular flexibility index (Phi) is 4.47. The van der Waals surface area contributed by atoms with Crippen LogP contribution in [0.3, 0.4) is 0 Å². The van der Waals surface area contributed by atoms with Crippen molar-refractivity contribution >= 4 is 6.09 Å². The molecule has 0 radical (unpaired) electrons. The normalized spacial score (nSPS) is 32.3. The van der Waals surface area contributed by atoms with E-state index in [9.17, 15) is 9.90 Å². The number of aromatic nitrogens is 2. The summed E-state index contributed by atoms with van der Waals surface area (Å²) in [5, 5.41) is 14.3. The molecule has 5 rings (SSSR count). The van der Waals surface area contributed by atoms with Crippen molar-refractivity contribution in [2.75, 3.05) is 0 Å². The van der Waals surface area contributed by atoms with Gasteiger partial charge in [-0.1, -0.05) is 24.3 Å². The van der Waals surface area contributed by atoms with Crippen molar-refractivity contribution in [1.29, 1.82) is 0 Å². The lowest BCUT2D eigenvalue weighted by Gasteiger charge is -2.57. The zero-order chi connectivity index (χ0) is 21.1. The Morgan fingerprint density at radius 2 is 2.00 bits per heavy atom. The van der Waals surface area contributed by atoms with Crippen LogP contribution in [0.15, 0.2) is 36.8 Å². The number of rotatable bonds is 2. The predicted octanol–water partition coefficient (Wildman–Crippen LogP) is 4.29. The highest BCUT2D eigenvalue weighted by Crippen LogP contribution is 2.60. The Hall–Kier alpha value is -2.34. The van der Waals surface area contributed by atoms with Crippen LogP contribution >= 0.6 is 0 Å². The van der Waals surface area contributed by atoms with Gasteiger partial charge in [-0.2, -0.15) is 0 Å². The summed E-state index contributed by atoms with van der Waals surface area (Å²) in [6, 6.07) is 8.78. The third kappa shape index (κ3) is 3.13. The summed E-state index contributed by atoms with van der Waals surface area (Å²) in [7, 11) is 0. The number of nitrogens with one attached hydrogen (secondary N) is 1. The van der Waals surface area contributed by atoms with Crippen LogP contribution in [-0.4, -0.2) is 38.5 Å². The van der Waals surface area contributed by atoms with Gasteiger partial charge in [-0.25, -0.2) is 9.78 Å². The fourth-order valence-corrected chi connectivity index (χ4v) is 5.90. The molecule has 30 heavy (non-hydrogen) atoms. The van der Waals surface area contributed by atoms with Crippen LogP contribution in [0, 0.1) is 11.3 Å². The van der Waals surface area contributed by atoms with Crippen LogP contribution in [-0.2, 0) is 4.74 Å². The molecular weight excluding hydrogens is 378 g/mol. The number of carbonyl (C=O) groups is 1. The smallest absolute Gasteiger partial charge is 0.407 e. The van der Waals surface area contributed by atoms with Crippen molar-refractivity contribution in [2.45, 2.75) is 76.7 Å². The summed E-state index contributed by atoms with van der Waals surface area (Å²) >= 11 is 0. The average molecular weight is 410 g/mol. The largest absolute Gasteiger partial charge is 0.444 e. The number of ether oxygens (including phenoxy) is 1. The number of hydrogen-bond donors (Lipinski definition) is 2. The van der Waals surface area contributed by atoms with Gasteiger partial charge >= 0.3 is 6.09 Å². The van der Waals surface area contributed by atoms with Crippen molar-refractivity contribution in [2.24, 2.45) is 11.3 Å². The topological polar surface area (TPSA) is 76.4 Å². The molecule has 0 bridgehead atoms. The number of nitrogens with zero attached hydrogens (tertiary/aromatic N) is 2. The van der Waals surface area contributed by atoms with Crippen molar-refractivity contribution in [3.05, 3.63) is 42.4 Å². The summed E-state index contributed by atoms with van der Waals surface area (Å²) in [4.78, 5) is 16.4. The Morgan fingerprint density at radius 1 is 1.27 bits per heavy atom. The minimum absolute atomic E-state index is 0.0188. The Labute approximate surface area is 177 Å². The van der Waals surface area contributed by atoms with Gasteiger partial charge in [0.1, 0.15) is 5.60 Å². The zero-order valence-corrected chi connectivity index (χ0v) is 18.0. The van der Waals surface area contributed by atoms with Crippen molar-refractivity contribution in [1.82, 2.24) is 14.9 Å². The van der Waals surface area contributed by atoms with E-state index < -0.39 is 5.60 Å². The number of aliphatic hydroxyl groups excluding tert-OH is 1. The molecule has 1 spiro atoms. The van der Waals surface area contributed by atoms with Crippen LogP contribution in [0.5, 0.6) is 0 Å². The third-order valence-corrected chi connectivity index (χ3v) is 7.30. The minimum Gasteiger partial charge on any atom is -0.444 e. The molecule has 1 aromatic heterocycles. The molecule has 6 nitrogen and oxygen atoms in total.